The first-order valence-corrected chi connectivity index (χ1v) is 6.77. The van der Waals surface area contributed by atoms with Gasteiger partial charge in [-0.3, -0.25) is 0 Å². The molecule has 0 atom stereocenters. The lowest BCUT2D eigenvalue weighted by molar-refractivity contribution is 0.823. The third kappa shape index (κ3) is 3.08. The average Bonchev–Trinajstić information content (AvgIpc) is 2.39. The van der Waals surface area contributed by atoms with E-state index in [1.807, 2.05) is 12.1 Å². The van der Waals surface area contributed by atoms with Crippen LogP contribution < -0.4 is 10.6 Å². The van der Waals surface area contributed by atoms with Crippen LogP contribution in [0, 0.1) is 13.8 Å². The minimum Gasteiger partial charge on any atom is -0.399 e. The summed E-state index contributed by atoms with van der Waals surface area (Å²) in [4.78, 5) is 2.39. The summed E-state index contributed by atoms with van der Waals surface area (Å²) in [6.45, 7) is 8.40. The van der Waals surface area contributed by atoms with Gasteiger partial charge in [-0.1, -0.05) is 24.3 Å². The van der Waals surface area contributed by atoms with Gasteiger partial charge < -0.3 is 10.6 Å². The van der Waals surface area contributed by atoms with Gasteiger partial charge in [0.1, 0.15) is 0 Å². The van der Waals surface area contributed by atoms with Crippen LogP contribution in [0.3, 0.4) is 0 Å². The maximum Gasteiger partial charge on any atom is 0.0432 e. The molecule has 2 aromatic rings. The summed E-state index contributed by atoms with van der Waals surface area (Å²) in [5.74, 6) is 0. The molecule has 19 heavy (non-hydrogen) atoms. The molecule has 2 rings (SSSR count). The minimum atomic E-state index is 0.827. The van der Waals surface area contributed by atoms with Gasteiger partial charge in [0.2, 0.25) is 0 Å². The van der Waals surface area contributed by atoms with E-state index >= 15 is 0 Å². The van der Waals surface area contributed by atoms with Crippen molar-refractivity contribution in [2.24, 2.45) is 0 Å². The van der Waals surface area contributed by atoms with Gasteiger partial charge in [-0.15, -0.1) is 0 Å². The fourth-order valence-corrected chi connectivity index (χ4v) is 2.39. The molecule has 0 saturated heterocycles. The van der Waals surface area contributed by atoms with E-state index in [9.17, 15) is 0 Å². The molecule has 0 unspecified atom stereocenters. The van der Waals surface area contributed by atoms with Crippen molar-refractivity contribution in [3.63, 3.8) is 0 Å². The minimum absolute atomic E-state index is 0.827. The molecule has 0 fully saturated rings. The van der Waals surface area contributed by atoms with Crippen molar-refractivity contribution in [2.75, 3.05) is 17.2 Å². The molecule has 0 radical (unpaired) electrons. The van der Waals surface area contributed by atoms with Crippen molar-refractivity contribution in [1.82, 2.24) is 0 Å². The first kappa shape index (κ1) is 13.5. The average molecular weight is 254 g/mol. The molecule has 2 heteroatoms. The van der Waals surface area contributed by atoms with Crippen LogP contribution in [0.1, 0.15) is 23.6 Å². The van der Waals surface area contributed by atoms with E-state index < -0.39 is 0 Å². The van der Waals surface area contributed by atoms with E-state index in [4.69, 9.17) is 5.73 Å². The molecule has 2 N–H and O–H groups in total. The maximum atomic E-state index is 5.83. The normalized spacial score (nSPS) is 10.5. The van der Waals surface area contributed by atoms with Gasteiger partial charge in [-0.05, 0) is 55.7 Å². The van der Waals surface area contributed by atoms with Crippen LogP contribution in [0.5, 0.6) is 0 Å². The third-order valence-corrected chi connectivity index (χ3v) is 3.57. The summed E-state index contributed by atoms with van der Waals surface area (Å²) in [7, 11) is 0. The summed E-state index contributed by atoms with van der Waals surface area (Å²) in [5.41, 5.74) is 11.9. The Morgan fingerprint density at radius 2 is 1.74 bits per heavy atom. The molecule has 0 aliphatic carbocycles. The Morgan fingerprint density at radius 1 is 1.00 bits per heavy atom. The summed E-state index contributed by atoms with van der Waals surface area (Å²) < 4.78 is 0. The molecular formula is C17H22N2. The summed E-state index contributed by atoms with van der Waals surface area (Å²) in [6.07, 6.45) is 0. The molecule has 0 heterocycles. The molecule has 0 bridgehead atoms. The second kappa shape index (κ2) is 5.79. The lowest BCUT2D eigenvalue weighted by Gasteiger charge is -2.26. The zero-order chi connectivity index (χ0) is 13.8. The number of benzene rings is 2. The molecule has 0 spiro atoms. The third-order valence-electron chi connectivity index (χ3n) is 3.57. The highest BCUT2D eigenvalue weighted by Gasteiger charge is 2.09. The number of aryl methyl sites for hydroxylation is 2. The molecule has 0 aliphatic heterocycles. The zero-order valence-corrected chi connectivity index (χ0v) is 12.0. The van der Waals surface area contributed by atoms with Gasteiger partial charge in [0.15, 0.2) is 0 Å². The highest BCUT2D eigenvalue weighted by atomic mass is 15.1. The van der Waals surface area contributed by atoms with Gasteiger partial charge >= 0.3 is 0 Å². The van der Waals surface area contributed by atoms with E-state index in [0.717, 1.165) is 18.8 Å². The summed E-state index contributed by atoms with van der Waals surface area (Å²) in [5, 5.41) is 0. The second-order valence-corrected chi connectivity index (χ2v) is 4.99. The lowest BCUT2D eigenvalue weighted by Crippen LogP contribution is -2.23. The predicted octanol–water partition coefficient (Wildman–Crippen LogP) is 3.91. The van der Waals surface area contributed by atoms with E-state index in [2.05, 4.69) is 56.0 Å². The standard InChI is InChI=1S/C17H22N2/c1-4-19(12-15-8-6-5-7-13(15)2)17-10-9-16(18)11-14(17)3/h5-11H,4,12,18H2,1-3H3. The van der Waals surface area contributed by atoms with Crippen molar-refractivity contribution < 1.29 is 0 Å². The highest BCUT2D eigenvalue weighted by Crippen LogP contribution is 2.24. The quantitative estimate of drug-likeness (QED) is 0.838. The number of rotatable bonds is 4. The van der Waals surface area contributed by atoms with Crippen molar-refractivity contribution in [3.8, 4) is 0 Å². The van der Waals surface area contributed by atoms with Crippen LogP contribution in [0.4, 0.5) is 11.4 Å². The van der Waals surface area contributed by atoms with Crippen LogP contribution in [0.25, 0.3) is 0 Å². The molecule has 2 aromatic carbocycles. The number of nitrogen functional groups attached to an aromatic ring is 1. The van der Waals surface area contributed by atoms with Gasteiger partial charge in [0, 0.05) is 24.5 Å². The molecule has 100 valence electrons. The number of nitrogens with zero attached hydrogens (tertiary/aromatic N) is 1. The second-order valence-electron chi connectivity index (χ2n) is 4.99. The van der Waals surface area contributed by atoms with Crippen LogP contribution in [-0.4, -0.2) is 6.54 Å². The topological polar surface area (TPSA) is 29.3 Å². The van der Waals surface area contributed by atoms with Crippen molar-refractivity contribution in [1.29, 1.82) is 0 Å². The first-order chi connectivity index (χ1) is 9.11. The number of hydrogen-bond donors (Lipinski definition) is 1. The van der Waals surface area contributed by atoms with E-state index in [0.29, 0.717) is 0 Å². The molecule has 0 aromatic heterocycles. The molecule has 2 nitrogen and oxygen atoms in total. The highest BCUT2D eigenvalue weighted by molar-refractivity contribution is 5.59. The van der Waals surface area contributed by atoms with Crippen LogP contribution in [-0.2, 0) is 6.54 Å². The summed E-state index contributed by atoms with van der Waals surface area (Å²) in [6, 6.07) is 14.7. The number of hydrogen-bond acceptors (Lipinski definition) is 2. The van der Waals surface area contributed by atoms with Gasteiger partial charge in [0.25, 0.3) is 0 Å². The Bertz CT molecular complexity index is 561. The van der Waals surface area contributed by atoms with Crippen LogP contribution in [0.15, 0.2) is 42.5 Å². The summed E-state index contributed by atoms with van der Waals surface area (Å²) >= 11 is 0. The first-order valence-electron chi connectivity index (χ1n) is 6.77. The predicted molar refractivity (Wildman–Crippen MR) is 83.5 cm³/mol. The Labute approximate surface area is 115 Å². The van der Waals surface area contributed by atoms with Crippen LogP contribution >= 0.6 is 0 Å². The Balaban J connectivity index is 2.28. The molecular weight excluding hydrogens is 232 g/mol. The largest absolute Gasteiger partial charge is 0.399 e. The maximum absolute atomic E-state index is 5.83. The van der Waals surface area contributed by atoms with E-state index in [1.165, 1.54) is 22.4 Å². The Kier molecular flexibility index (Phi) is 4.10. The Morgan fingerprint density at radius 3 is 2.37 bits per heavy atom. The number of nitrogens with two attached hydrogens (primary N) is 1. The van der Waals surface area contributed by atoms with Gasteiger partial charge in [0.05, 0.1) is 0 Å². The van der Waals surface area contributed by atoms with Crippen molar-refractivity contribution >= 4 is 11.4 Å². The van der Waals surface area contributed by atoms with Gasteiger partial charge in [-0.25, -0.2) is 0 Å². The number of anilines is 2. The zero-order valence-electron chi connectivity index (χ0n) is 12.0. The van der Waals surface area contributed by atoms with E-state index in [-0.39, 0.29) is 0 Å². The molecule has 0 aliphatic rings. The van der Waals surface area contributed by atoms with E-state index in [1.54, 1.807) is 0 Å². The monoisotopic (exact) mass is 254 g/mol. The molecule has 0 saturated carbocycles. The fourth-order valence-electron chi connectivity index (χ4n) is 2.39. The lowest BCUT2D eigenvalue weighted by atomic mass is 10.1. The smallest absolute Gasteiger partial charge is 0.0432 e. The fraction of sp³-hybridized carbons (Fsp3) is 0.294. The Hall–Kier alpha value is -1.96. The SMILES string of the molecule is CCN(Cc1ccccc1C)c1ccc(N)cc1C. The van der Waals surface area contributed by atoms with Crippen LogP contribution in [0.2, 0.25) is 0 Å². The molecule has 0 amide bonds. The van der Waals surface area contributed by atoms with Gasteiger partial charge in [-0.2, -0.15) is 0 Å². The van der Waals surface area contributed by atoms with Crippen molar-refractivity contribution in [2.45, 2.75) is 27.3 Å². The van der Waals surface area contributed by atoms with Crippen molar-refractivity contribution in [3.05, 3.63) is 59.2 Å².